The van der Waals surface area contributed by atoms with E-state index in [2.05, 4.69) is 5.32 Å². The van der Waals surface area contributed by atoms with E-state index in [4.69, 9.17) is 4.74 Å². The van der Waals surface area contributed by atoms with Crippen molar-refractivity contribution in [2.24, 2.45) is 23.7 Å². The number of nitrogens with zero attached hydrogens (tertiary/aromatic N) is 1. The fourth-order valence-electron chi connectivity index (χ4n) is 5.67. The number of carbonyl (C=O) groups excluding carboxylic acids is 2. The molecule has 5 unspecified atom stereocenters. The van der Waals surface area contributed by atoms with E-state index in [0.29, 0.717) is 17.8 Å². The smallest absolute Gasteiger partial charge is 0.338 e. The molecule has 4 rings (SSSR count). The number of nitro benzene ring substituents is 1. The molecule has 0 spiro atoms. The maximum absolute atomic E-state index is 12.8. The second-order valence-corrected chi connectivity index (χ2v) is 7.98. The summed E-state index contributed by atoms with van der Waals surface area (Å²) in [4.78, 5) is 35.4. The van der Waals surface area contributed by atoms with Gasteiger partial charge in [-0.25, -0.2) is 4.79 Å². The van der Waals surface area contributed by atoms with Crippen molar-refractivity contribution in [2.45, 2.75) is 45.1 Å². The maximum Gasteiger partial charge on any atom is 0.338 e. The van der Waals surface area contributed by atoms with E-state index in [9.17, 15) is 19.7 Å². The highest BCUT2D eigenvalue weighted by Crippen LogP contribution is 2.58. The van der Waals surface area contributed by atoms with Crippen molar-refractivity contribution >= 4 is 17.6 Å². The summed E-state index contributed by atoms with van der Waals surface area (Å²) in [5.74, 6) is 1.76. The van der Waals surface area contributed by atoms with Gasteiger partial charge in [-0.2, -0.15) is 0 Å². The highest BCUT2D eigenvalue weighted by Gasteiger charge is 2.54. The minimum atomic E-state index is -0.663. The highest BCUT2D eigenvalue weighted by molar-refractivity contribution is 5.99. The first-order valence-electron chi connectivity index (χ1n) is 9.75. The van der Waals surface area contributed by atoms with Crippen molar-refractivity contribution in [2.75, 3.05) is 6.61 Å². The Morgan fingerprint density at radius 3 is 2.63 bits per heavy atom. The fraction of sp³-hybridized carbons (Fsp3) is 0.600. The number of nitro groups is 1. The number of esters is 1. The number of ether oxygens (including phenoxy) is 1. The first kappa shape index (κ1) is 17.9. The molecule has 3 fully saturated rings. The molecule has 0 aromatic heterocycles. The number of carbonyl (C=O) groups is 2. The molecule has 7 heteroatoms. The molecule has 1 N–H and O–H groups in total. The second-order valence-electron chi connectivity index (χ2n) is 7.98. The molecular weight excluding hydrogens is 348 g/mol. The summed E-state index contributed by atoms with van der Waals surface area (Å²) in [6.07, 6.45) is 6.04. The molecule has 3 aliphatic carbocycles. The van der Waals surface area contributed by atoms with E-state index in [1.54, 1.807) is 6.92 Å². The third kappa shape index (κ3) is 3.19. The van der Waals surface area contributed by atoms with Crippen LogP contribution in [-0.4, -0.2) is 29.4 Å². The molecule has 0 radical (unpaired) electrons. The topological polar surface area (TPSA) is 98.5 Å². The summed E-state index contributed by atoms with van der Waals surface area (Å²) < 4.78 is 4.93. The van der Waals surface area contributed by atoms with Crippen LogP contribution >= 0.6 is 0 Å². The number of hydrogen-bond donors (Lipinski definition) is 1. The Labute approximate surface area is 157 Å². The first-order valence-corrected chi connectivity index (χ1v) is 9.75. The Morgan fingerprint density at radius 2 is 1.89 bits per heavy atom. The lowest BCUT2D eigenvalue weighted by molar-refractivity contribution is -0.384. The molecule has 0 heterocycles. The zero-order valence-electron chi connectivity index (χ0n) is 15.3. The van der Waals surface area contributed by atoms with Gasteiger partial charge < -0.3 is 10.1 Å². The van der Waals surface area contributed by atoms with E-state index in [0.717, 1.165) is 18.4 Å². The maximum atomic E-state index is 12.8. The summed E-state index contributed by atoms with van der Waals surface area (Å²) in [5.41, 5.74) is -0.118. The summed E-state index contributed by atoms with van der Waals surface area (Å²) in [7, 11) is 0. The molecule has 0 aliphatic heterocycles. The van der Waals surface area contributed by atoms with Gasteiger partial charge in [0, 0.05) is 23.7 Å². The van der Waals surface area contributed by atoms with Crippen LogP contribution in [0.2, 0.25) is 0 Å². The number of fused-ring (bicyclic) bond motifs is 5. The predicted octanol–water partition coefficient (Wildman–Crippen LogP) is 3.33. The van der Waals surface area contributed by atoms with Gasteiger partial charge in [0.15, 0.2) is 0 Å². The molecule has 0 saturated heterocycles. The second kappa shape index (κ2) is 6.94. The van der Waals surface area contributed by atoms with Gasteiger partial charge in [0.25, 0.3) is 11.6 Å². The molecule has 3 aliphatic rings. The minimum Gasteiger partial charge on any atom is -0.462 e. The highest BCUT2D eigenvalue weighted by atomic mass is 16.6. The zero-order valence-corrected chi connectivity index (χ0v) is 15.3. The normalized spacial score (nSPS) is 30.8. The Morgan fingerprint density at radius 1 is 1.15 bits per heavy atom. The molecule has 144 valence electrons. The van der Waals surface area contributed by atoms with Gasteiger partial charge in [-0.05, 0) is 62.3 Å². The van der Waals surface area contributed by atoms with Gasteiger partial charge in [-0.1, -0.05) is 6.42 Å². The van der Waals surface area contributed by atoms with Crippen LogP contribution in [-0.2, 0) is 4.74 Å². The Balaban J connectivity index is 1.53. The van der Waals surface area contributed by atoms with Crippen molar-refractivity contribution in [3.05, 3.63) is 39.4 Å². The van der Waals surface area contributed by atoms with Crippen LogP contribution in [0.15, 0.2) is 18.2 Å². The number of hydrogen-bond acceptors (Lipinski definition) is 5. The predicted molar refractivity (Wildman–Crippen MR) is 97.4 cm³/mol. The molecular formula is C20H24N2O5. The summed E-state index contributed by atoms with van der Waals surface area (Å²) >= 11 is 0. The Bertz CT molecular complexity index is 793. The van der Waals surface area contributed by atoms with Crippen molar-refractivity contribution in [1.82, 2.24) is 5.32 Å². The standard InChI is InChI=1S/C20H24N2O5/c1-2-27-20(24)13-6-12(7-14(8-13)22(25)26)19(23)21-18-10-11-9-17(18)16-5-3-4-15(11)16/h6-8,11,15-18H,2-5,9-10H2,1H3,(H,21,23). The van der Waals surface area contributed by atoms with Crippen LogP contribution in [0, 0.1) is 33.8 Å². The first-order chi connectivity index (χ1) is 13.0. The lowest BCUT2D eigenvalue weighted by atomic mass is 9.79. The number of amides is 1. The lowest BCUT2D eigenvalue weighted by Gasteiger charge is -2.32. The molecule has 1 amide bonds. The lowest BCUT2D eigenvalue weighted by Crippen LogP contribution is -2.42. The number of rotatable bonds is 5. The number of non-ortho nitro benzene ring substituents is 1. The fourth-order valence-corrected chi connectivity index (χ4v) is 5.67. The average molecular weight is 372 g/mol. The van der Waals surface area contributed by atoms with Crippen LogP contribution < -0.4 is 5.32 Å². The van der Waals surface area contributed by atoms with Crippen molar-refractivity contribution < 1.29 is 19.2 Å². The van der Waals surface area contributed by atoms with Gasteiger partial charge in [-0.15, -0.1) is 0 Å². The molecule has 2 bridgehead atoms. The van der Waals surface area contributed by atoms with Crippen LogP contribution in [0.5, 0.6) is 0 Å². The molecule has 7 nitrogen and oxygen atoms in total. The summed E-state index contributed by atoms with van der Waals surface area (Å²) in [6.45, 7) is 1.82. The van der Waals surface area contributed by atoms with E-state index in [1.165, 1.54) is 37.8 Å². The van der Waals surface area contributed by atoms with Crippen LogP contribution in [0.4, 0.5) is 5.69 Å². The Hall–Kier alpha value is -2.44. The number of benzene rings is 1. The third-order valence-electron chi connectivity index (χ3n) is 6.65. The zero-order chi connectivity index (χ0) is 19.1. The molecule has 27 heavy (non-hydrogen) atoms. The van der Waals surface area contributed by atoms with Gasteiger partial charge in [0.05, 0.1) is 17.1 Å². The Kier molecular flexibility index (Phi) is 4.61. The van der Waals surface area contributed by atoms with E-state index >= 15 is 0 Å². The van der Waals surface area contributed by atoms with Crippen LogP contribution in [0.1, 0.15) is 59.7 Å². The monoisotopic (exact) mass is 372 g/mol. The van der Waals surface area contributed by atoms with Gasteiger partial charge >= 0.3 is 5.97 Å². The molecule has 1 aromatic rings. The van der Waals surface area contributed by atoms with Crippen LogP contribution in [0.3, 0.4) is 0 Å². The van der Waals surface area contributed by atoms with Crippen LogP contribution in [0.25, 0.3) is 0 Å². The molecule has 1 aromatic carbocycles. The van der Waals surface area contributed by atoms with E-state index < -0.39 is 10.9 Å². The SMILES string of the molecule is CCOC(=O)c1cc(C(=O)NC2CC3CC2C2CCCC32)cc([N+](=O)[O-])c1. The third-order valence-corrected chi connectivity index (χ3v) is 6.65. The summed E-state index contributed by atoms with van der Waals surface area (Å²) in [5, 5.41) is 14.3. The van der Waals surface area contributed by atoms with Gasteiger partial charge in [0.2, 0.25) is 0 Å². The molecule has 5 atom stereocenters. The quantitative estimate of drug-likeness (QED) is 0.486. The van der Waals surface area contributed by atoms with Crippen molar-refractivity contribution in [3.63, 3.8) is 0 Å². The van der Waals surface area contributed by atoms with Crippen molar-refractivity contribution in [3.8, 4) is 0 Å². The number of nitrogens with one attached hydrogen (secondary N) is 1. The largest absolute Gasteiger partial charge is 0.462 e. The minimum absolute atomic E-state index is 0.0278. The van der Waals surface area contributed by atoms with Gasteiger partial charge in [-0.3, -0.25) is 14.9 Å². The van der Waals surface area contributed by atoms with E-state index in [-0.39, 0.29) is 35.4 Å². The molecule has 3 saturated carbocycles. The van der Waals surface area contributed by atoms with Crippen molar-refractivity contribution in [1.29, 1.82) is 0 Å². The van der Waals surface area contributed by atoms with E-state index in [1.807, 2.05) is 0 Å². The average Bonchev–Trinajstić information content (AvgIpc) is 3.34. The van der Waals surface area contributed by atoms with Gasteiger partial charge in [0.1, 0.15) is 0 Å². The summed E-state index contributed by atoms with van der Waals surface area (Å²) in [6, 6.07) is 3.89.